The molecule has 0 aliphatic carbocycles. The maximum atomic E-state index is 11.6. The largest absolute Gasteiger partial charge is 0.370 e. The Bertz CT molecular complexity index is 652. The van der Waals surface area contributed by atoms with E-state index in [1.165, 1.54) is 6.26 Å². The molecule has 1 aliphatic rings. The number of nitrogens with zero attached hydrogens (tertiary/aromatic N) is 2. The zero-order chi connectivity index (χ0) is 15.8. The molecule has 0 fully saturated rings. The molecule has 2 N–H and O–H groups in total. The van der Waals surface area contributed by atoms with E-state index in [0.29, 0.717) is 17.4 Å². The summed E-state index contributed by atoms with van der Waals surface area (Å²) in [5, 5.41) is 0. The van der Waals surface area contributed by atoms with E-state index in [0.717, 1.165) is 12.0 Å². The fraction of sp³-hybridized carbons (Fsp3) is 0.533. The summed E-state index contributed by atoms with van der Waals surface area (Å²) in [5.74, 6) is 0.555. The molecule has 2 rings (SSSR count). The Balaban J connectivity index is 2.40. The maximum Gasteiger partial charge on any atom is 0.192 e. The van der Waals surface area contributed by atoms with Crippen LogP contribution in [0.15, 0.2) is 34.2 Å². The Morgan fingerprint density at radius 3 is 2.43 bits per heavy atom. The van der Waals surface area contributed by atoms with Crippen molar-refractivity contribution in [2.24, 2.45) is 10.7 Å². The fourth-order valence-electron chi connectivity index (χ4n) is 2.83. The molecule has 2 unspecified atom stereocenters. The molecule has 116 valence electrons. The SMILES string of the molecule is CCC(C)N1C(N)=NCC1(C)c1ccc(S(C)(=O)=O)cc1. The first-order valence-electron chi connectivity index (χ1n) is 7.10. The van der Waals surface area contributed by atoms with Gasteiger partial charge in [0.1, 0.15) is 0 Å². The van der Waals surface area contributed by atoms with Gasteiger partial charge in [0, 0.05) is 12.3 Å². The van der Waals surface area contributed by atoms with E-state index >= 15 is 0 Å². The van der Waals surface area contributed by atoms with E-state index in [4.69, 9.17) is 5.73 Å². The van der Waals surface area contributed by atoms with E-state index < -0.39 is 9.84 Å². The highest BCUT2D eigenvalue weighted by atomic mass is 32.2. The molecule has 5 nitrogen and oxygen atoms in total. The number of benzene rings is 1. The topological polar surface area (TPSA) is 75.8 Å². The molecule has 6 heteroatoms. The highest BCUT2D eigenvalue weighted by Crippen LogP contribution is 2.35. The molecule has 0 spiro atoms. The van der Waals surface area contributed by atoms with E-state index in [1.54, 1.807) is 12.1 Å². The van der Waals surface area contributed by atoms with Crippen LogP contribution < -0.4 is 5.73 Å². The molecule has 2 atom stereocenters. The minimum absolute atomic E-state index is 0.274. The molecule has 0 saturated heterocycles. The summed E-state index contributed by atoms with van der Waals surface area (Å²) in [5.41, 5.74) is 6.75. The van der Waals surface area contributed by atoms with E-state index in [1.807, 2.05) is 12.1 Å². The molecule has 0 amide bonds. The number of aliphatic imine (C=N–C) groups is 1. The van der Waals surface area contributed by atoms with Crippen molar-refractivity contribution in [1.29, 1.82) is 0 Å². The van der Waals surface area contributed by atoms with Gasteiger partial charge in [0.05, 0.1) is 17.0 Å². The Morgan fingerprint density at radius 2 is 1.95 bits per heavy atom. The van der Waals surface area contributed by atoms with Crippen molar-refractivity contribution < 1.29 is 8.42 Å². The van der Waals surface area contributed by atoms with Gasteiger partial charge in [0.2, 0.25) is 0 Å². The van der Waals surface area contributed by atoms with Crippen molar-refractivity contribution in [3.05, 3.63) is 29.8 Å². The number of hydrogen-bond donors (Lipinski definition) is 1. The lowest BCUT2D eigenvalue weighted by Gasteiger charge is -2.40. The second-order valence-corrected chi connectivity index (χ2v) is 7.89. The standard InChI is InChI=1S/C15H23N3O2S/c1-5-11(2)18-14(16)17-10-15(18,3)12-6-8-13(9-7-12)21(4,19)20/h6-9,11H,5,10H2,1-4H3,(H2,16,17). The second-order valence-electron chi connectivity index (χ2n) is 5.87. The van der Waals surface area contributed by atoms with Crippen LogP contribution in [-0.2, 0) is 15.4 Å². The number of hydrogen-bond acceptors (Lipinski definition) is 5. The second kappa shape index (κ2) is 5.33. The van der Waals surface area contributed by atoms with E-state index in [2.05, 4.69) is 30.7 Å². The summed E-state index contributed by atoms with van der Waals surface area (Å²) in [4.78, 5) is 6.85. The van der Waals surface area contributed by atoms with Crippen molar-refractivity contribution in [3.8, 4) is 0 Å². The third kappa shape index (κ3) is 2.77. The highest BCUT2D eigenvalue weighted by molar-refractivity contribution is 7.90. The lowest BCUT2D eigenvalue weighted by Crippen LogP contribution is -2.51. The summed E-state index contributed by atoms with van der Waals surface area (Å²) in [6.07, 6.45) is 2.18. The average Bonchev–Trinajstić information content (AvgIpc) is 2.74. The number of sulfone groups is 1. The van der Waals surface area contributed by atoms with Gasteiger partial charge in [-0.3, -0.25) is 4.99 Å². The third-order valence-corrected chi connectivity index (χ3v) is 5.39. The first kappa shape index (κ1) is 15.8. The molecule has 1 aromatic carbocycles. The molecule has 0 saturated carbocycles. The number of rotatable bonds is 4. The van der Waals surface area contributed by atoms with Crippen molar-refractivity contribution in [2.45, 2.75) is 43.7 Å². The predicted molar refractivity (Wildman–Crippen MR) is 85.0 cm³/mol. The minimum atomic E-state index is -3.18. The van der Waals surface area contributed by atoms with Gasteiger partial charge in [-0.05, 0) is 38.0 Å². The molecular weight excluding hydrogens is 286 g/mol. The lowest BCUT2D eigenvalue weighted by atomic mass is 9.89. The monoisotopic (exact) mass is 309 g/mol. The Kier molecular flexibility index (Phi) is 4.02. The zero-order valence-corrected chi connectivity index (χ0v) is 13.8. The van der Waals surface area contributed by atoms with Gasteiger partial charge in [-0.25, -0.2) is 8.42 Å². The average molecular weight is 309 g/mol. The van der Waals surface area contributed by atoms with Gasteiger partial charge < -0.3 is 10.6 Å². The van der Waals surface area contributed by atoms with Crippen molar-refractivity contribution in [3.63, 3.8) is 0 Å². The van der Waals surface area contributed by atoms with Crippen molar-refractivity contribution in [1.82, 2.24) is 4.90 Å². The van der Waals surface area contributed by atoms with Crippen LogP contribution in [-0.4, -0.2) is 38.1 Å². The first-order valence-corrected chi connectivity index (χ1v) is 8.99. The molecule has 21 heavy (non-hydrogen) atoms. The number of guanidine groups is 1. The summed E-state index contributed by atoms with van der Waals surface area (Å²) in [7, 11) is -3.18. The third-order valence-electron chi connectivity index (χ3n) is 4.26. The highest BCUT2D eigenvalue weighted by Gasteiger charge is 2.41. The number of nitrogens with two attached hydrogens (primary N) is 1. The van der Waals surface area contributed by atoms with Crippen LogP contribution in [0.5, 0.6) is 0 Å². The lowest BCUT2D eigenvalue weighted by molar-refractivity contribution is 0.171. The van der Waals surface area contributed by atoms with Crippen LogP contribution in [0, 0.1) is 0 Å². The molecule has 1 aromatic rings. The van der Waals surface area contributed by atoms with Crippen LogP contribution in [0.25, 0.3) is 0 Å². The zero-order valence-electron chi connectivity index (χ0n) is 13.0. The molecular formula is C15H23N3O2S. The Labute approximate surface area is 126 Å². The summed E-state index contributed by atoms with van der Waals surface area (Å²) < 4.78 is 23.1. The first-order chi connectivity index (χ1) is 9.70. The molecule has 0 bridgehead atoms. The summed E-state index contributed by atoms with van der Waals surface area (Å²) in [6, 6.07) is 7.30. The summed E-state index contributed by atoms with van der Waals surface area (Å²) >= 11 is 0. The van der Waals surface area contributed by atoms with Crippen LogP contribution in [0.4, 0.5) is 0 Å². The Hall–Kier alpha value is -1.56. The van der Waals surface area contributed by atoms with Gasteiger partial charge in [-0.2, -0.15) is 0 Å². The smallest absolute Gasteiger partial charge is 0.192 e. The predicted octanol–water partition coefficient (Wildman–Crippen LogP) is 1.73. The van der Waals surface area contributed by atoms with Crippen LogP contribution in [0.2, 0.25) is 0 Å². The van der Waals surface area contributed by atoms with Crippen molar-refractivity contribution >= 4 is 15.8 Å². The minimum Gasteiger partial charge on any atom is -0.370 e. The summed E-state index contributed by atoms with van der Waals surface area (Å²) in [6.45, 7) is 6.92. The van der Waals surface area contributed by atoms with Gasteiger partial charge in [0.15, 0.2) is 15.8 Å². The fourth-order valence-corrected chi connectivity index (χ4v) is 3.46. The Morgan fingerprint density at radius 1 is 1.38 bits per heavy atom. The van der Waals surface area contributed by atoms with Crippen LogP contribution in [0.1, 0.15) is 32.8 Å². The molecule has 0 aromatic heterocycles. The quantitative estimate of drug-likeness (QED) is 0.919. The van der Waals surface area contributed by atoms with Gasteiger partial charge in [-0.15, -0.1) is 0 Å². The van der Waals surface area contributed by atoms with Gasteiger partial charge in [-0.1, -0.05) is 19.1 Å². The molecule has 0 radical (unpaired) electrons. The van der Waals surface area contributed by atoms with E-state index in [9.17, 15) is 8.42 Å². The van der Waals surface area contributed by atoms with Crippen LogP contribution in [0.3, 0.4) is 0 Å². The van der Waals surface area contributed by atoms with Crippen molar-refractivity contribution in [2.75, 3.05) is 12.8 Å². The van der Waals surface area contributed by atoms with Gasteiger partial charge in [0.25, 0.3) is 0 Å². The van der Waals surface area contributed by atoms with E-state index in [-0.39, 0.29) is 11.6 Å². The maximum absolute atomic E-state index is 11.6. The molecule has 1 aliphatic heterocycles. The molecule has 1 heterocycles. The normalized spacial score (nSPS) is 24.0. The van der Waals surface area contributed by atoms with Gasteiger partial charge >= 0.3 is 0 Å². The van der Waals surface area contributed by atoms with Crippen LogP contribution >= 0.6 is 0 Å².